The van der Waals surface area contributed by atoms with Gasteiger partial charge in [-0.3, -0.25) is 9.36 Å². The summed E-state index contributed by atoms with van der Waals surface area (Å²) in [4.78, 5) is 12.5. The maximum atomic E-state index is 14.1. The van der Waals surface area contributed by atoms with E-state index in [-0.39, 0.29) is 22.5 Å². The number of aryl methyl sites for hydroxylation is 2. The monoisotopic (exact) mass is 558 g/mol. The number of rotatable bonds is 8. The smallest absolute Gasteiger partial charge is 0.234 e. The van der Waals surface area contributed by atoms with Crippen molar-refractivity contribution in [2.45, 2.75) is 25.6 Å². The number of carbonyl (C=O) groups is 1. The number of nitrogens with zero attached hydrogens (tertiary/aromatic N) is 3. The Morgan fingerprint density at radius 2 is 1.69 bits per heavy atom. The number of amides is 1. The Kier molecular flexibility index (Phi) is 7.82. The highest BCUT2D eigenvalue weighted by Gasteiger charge is 2.18. The standard InChI is InChI=1S/C25H21BrF2N4O2S/c1-15-3-7-18(8-4-15)32-22(13-34-19-9-5-16(2)6-10-19)30-31-25(32)35-14-23(33)29-24-20(26)11-17(27)12-21(24)28/h3-12H,13-14H2,1-2H3,(H,29,33). The summed E-state index contributed by atoms with van der Waals surface area (Å²) in [6, 6.07) is 17.3. The Balaban J connectivity index is 1.52. The average Bonchev–Trinajstić information content (AvgIpc) is 3.23. The molecule has 10 heteroatoms. The average molecular weight is 559 g/mol. The number of halogens is 3. The van der Waals surface area contributed by atoms with Crippen LogP contribution in [0.3, 0.4) is 0 Å². The summed E-state index contributed by atoms with van der Waals surface area (Å²) in [5.74, 6) is -0.884. The zero-order chi connectivity index (χ0) is 24.9. The second-order valence-corrected chi connectivity index (χ2v) is 9.55. The molecule has 3 aromatic carbocycles. The molecule has 0 unspecified atom stereocenters. The lowest BCUT2D eigenvalue weighted by Gasteiger charge is -2.12. The van der Waals surface area contributed by atoms with Crippen LogP contribution in [-0.4, -0.2) is 26.4 Å². The molecule has 180 valence electrons. The molecule has 0 fully saturated rings. The van der Waals surface area contributed by atoms with Crippen molar-refractivity contribution in [1.29, 1.82) is 0 Å². The van der Waals surface area contributed by atoms with Crippen LogP contribution in [0.4, 0.5) is 14.5 Å². The fourth-order valence-corrected chi connectivity index (χ4v) is 4.47. The maximum absolute atomic E-state index is 14.1. The number of aromatic nitrogens is 3. The molecule has 4 aromatic rings. The first-order valence-electron chi connectivity index (χ1n) is 10.6. The maximum Gasteiger partial charge on any atom is 0.234 e. The summed E-state index contributed by atoms with van der Waals surface area (Å²) in [5, 5.41) is 11.5. The zero-order valence-corrected chi connectivity index (χ0v) is 21.3. The van der Waals surface area contributed by atoms with Gasteiger partial charge in [0.15, 0.2) is 16.8 Å². The molecule has 6 nitrogen and oxygen atoms in total. The van der Waals surface area contributed by atoms with E-state index in [1.54, 1.807) is 0 Å². The lowest BCUT2D eigenvalue weighted by Crippen LogP contribution is -2.16. The summed E-state index contributed by atoms with van der Waals surface area (Å²) >= 11 is 4.21. The van der Waals surface area contributed by atoms with Crippen LogP contribution in [0.5, 0.6) is 5.75 Å². The van der Waals surface area contributed by atoms with Crippen LogP contribution in [-0.2, 0) is 11.4 Å². The molecule has 0 saturated carbocycles. The highest BCUT2D eigenvalue weighted by molar-refractivity contribution is 9.10. The van der Waals surface area contributed by atoms with Crippen LogP contribution in [0, 0.1) is 25.5 Å². The van der Waals surface area contributed by atoms with E-state index in [0.717, 1.165) is 34.6 Å². The van der Waals surface area contributed by atoms with E-state index in [9.17, 15) is 13.6 Å². The molecule has 1 aromatic heterocycles. The lowest BCUT2D eigenvalue weighted by atomic mass is 10.2. The van der Waals surface area contributed by atoms with Gasteiger partial charge in [-0.2, -0.15) is 0 Å². The zero-order valence-electron chi connectivity index (χ0n) is 18.9. The Labute approximate surface area is 213 Å². The molecule has 0 atom stereocenters. The molecule has 0 aliphatic carbocycles. The fourth-order valence-electron chi connectivity index (χ4n) is 3.19. The third kappa shape index (κ3) is 6.26. The predicted molar refractivity (Wildman–Crippen MR) is 135 cm³/mol. The number of nitrogens with one attached hydrogen (secondary N) is 1. The number of anilines is 1. The first kappa shape index (κ1) is 24.9. The van der Waals surface area contributed by atoms with Crippen molar-refractivity contribution in [2.24, 2.45) is 0 Å². The van der Waals surface area contributed by atoms with E-state index < -0.39 is 17.5 Å². The Bertz CT molecular complexity index is 1320. The Morgan fingerprint density at radius 3 is 2.34 bits per heavy atom. The van der Waals surface area contributed by atoms with Crippen molar-refractivity contribution in [2.75, 3.05) is 11.1 Å². The van der Waals surface area contributed by atoms with E-state index >= 15 is 0 Å². The highest BCUT2D eigenvalue weighted by Crippen LogP contribution is 2.28. The van der Waals surface area contributed by atoms with Gasteiger partial charge in [-0.25, -0.2) is 8.78 Å². The minimum Gasteiger partial charge on any atom is -0.486 e. The van der Waals surface area contributed by atoms with Crippen LogP contribution in [0.25, 0.3) is 5.69 Å². The van der Waals surface area contributed by atoms with Gasteiger partial charge in [-0.1, -0.05) is 47.2 Å². The van der Waals surface area contributed by atoms with Crippen LogP contribution in [0.15, 0.2) is 70.3 Å². The van der Waals surface area contributed by atoms with Crippen LogP contribution < -0.4 is 10.1 Å². The number of ether oxygens (including phenoxy) is 1. The van der Waals surface area contributed by atoms with Crippen LogP contribution >= 0.6 is 27.7 Å². The second-order valence-electron chi connectivity index (χ2n) is 7.75. The molecule has 0 radical (unpaired) electrons. The molecule has 4 rings (SSSR count). The quantitative estimate of drug-likeness (QED) is 0.259. The number of hydrogen-bond acceptors (Lipinski definition) is 5. The molecule has 35 heavy (non-hydrogen) atoms. The van der Waals surface area contributed by atoms with Gasteiger partial charge < -0.3 is 10.1 Å². The van der Waals surface area contributed by atoms with E-state index in [0.29, 0.717) is 22.8 Å². The molecule has 1 N–H and O–H groups in total. The van der Waals surface area contributed by atoms with E-state index in [1.807, 2.05) is 66.9 Å². The van der Waals surface area contributed by atoms with Crippen molar-refractivity contribution in [1.82, 2.24) is 14.8 Å². The van der Waals surface area contributed by atoms with Gasteiger partial charge in [-0.05, 0) is 60.1 Å². The molecule has 0 saturated heterocycles. The van der Waals surface area contributed by atoms with Crippen molar-refractivity contribution < 1.29 is 18.3 Å². The van der Waals surface area contributed by atoms with Crippen molar-refractivity contribution in [3.63, 3.8) is 0 Å². The summed E-state index contributed by atoms with van der Waals surface area (Å²) in [6.07, 6.45) is 0. The molecule has 0 aliphatic heterocycles. The minimum absolute atomic E-state index is 0.0634. The first-order valence-corrected chi connectivity index (χ1v) is 12.4. The topological polar surface area (TPSA) is 69.0 Å². The summed E-state index contributed by atoms with van der Waals surface area (Å²) < 4.78 is 35.2. The van der Waals surface area contributed by atoms with Gasteiger partial charge in [0.1, 0.15) is 18.2 Å². The molecular weight excluding hydrogens is 538 g/mol. The van der Waals surface area contributed by atoms with Gasteiger partial charge in [0, 0.05) is 16.2 Å². The van der Waals surface area contributed by atoms with Crippen LogP contribution in [0.2, 0.25) is 0 Å². The third-order valence-electron chi connectivity index (χ3n) is 4.99. The normalized spacial score (nSPS) is 10.9. The van der Waals surface area contributed by atoms with Crippen molar-refractivity contribution >= 4 is 39.3 Å². The van der Waals surface area contributed by atoms with Crippen LogP contribution in [0.1, 0.15) is 17.0 Å². The first-order chi connectivity index (χ1) is 16.8. The largest absolute Gasteiger partial charge is 0.486 e. The van der Waals surface area contributed by atoms with E-state index in [2.05, 4.69) is 31.4 Å². The van der Waals surface area contributed by atoms with Crippen molar-refractivity contribution in [3.05, 3.63) is 93.7 Å². The highest BCUT2D eigenvalue weighted by atomic mass is 79.9. The molecular formula is C25H21BrF2N4O2S. The second kappa shape index (κ2) is 11.0. The Hall–Kier alpha value is -3.24. The minimum atomic E-state index is -0.867. The third-order valence-corrected chi connectivity index (χ3v) is 6.54. The van der Waals surface area contributed by atoms with Gasteiger partial charge in [0.05, 0.1) is 11.4 Å². The number of thioether (sulfide) groups is 1. The lowest BCUT2D eigenvalue weighted by molar-refractivity contribution is -0.113. The van der Waals surface area contributed by atoms with Gasteiger partial charge in [-0.15, -0.1) is 10.2 Å². The fraction of sp³-hybridized carbons (Fsp3) is 0.160. The molecule has 0 aliphatic rings. The molecule has 1 amide bonds. The Morgan fingerprint density at radius 1 is 1.03 bits per heavy atom. The van der Waals surface area contributed by atoms with Gasteiger partial charge in [0.2, 0.25) is 5.91 Å². The predicted octanol–water partition coefficient (Wildman–Crippen LogP) is 6.23. The summed E-state index contributed by atoms with van der Waals surface area (Å²) in [7, 11) is 0. The van der Waals surface area contributed by atoms with Gasteiger partial charge >= 0.3 is 0 Å². The summed E-state index contributed by atoms with van der Waals surface area (Å²) in [5.41, 5.74) is 2.92. The van der Waals surface area contributed by atoms with Crippen molar-refractivity contribution in [3.8, 4) is 11.4 Å². The van der Waals surface area contributed by atoms with Gasteiger partial charge in [0.25, 0.3) is 0 Å². The molecule has 0 spiro atoms. The molecule has 1 heterocycles. The molecule has 0 bridgehead atoms. The summed E-state index contributed by atoms with van der Waals surface area (Å²) in [6.45, 7) is 4.16. The van der Waals surface area contributed by atoms with E-state index in [4.69, 9.17) is 4.74 Å². The number of benzene rings is 3. The van der Waals surface area contributed by atoms with E-state index in [1.165, 1.54) is 0 Å². The SMILES string of the molecule is Cc1ccc(OCc2nnc(SCC(=O)Nc3c(F)cc(F)cc3Br)n2-c2ccc(C)cc2)cc1. The number of carbonyl (C=O) groups excluding carboxylic acids is 1. The number of hydrogen-bond donors (Lipinski definition) is 1.